The van der Waals surface area contributed by atoms with Crippen molar-refractivity contribution in [2.45, 2.75) is 18.1 Å². The lowest BCUT2D eigenvalue weighted by molar-refractivity contribution is -0.129. The largest absolute Gasteiger partial charge is 0.461 e. The van der Waals surface area contributed by atoms with Crippen molar-refractivity contribution < 1.29 is 9.21 Å². The lowest BCUT2D eigenvalue weighted by Crippen LogP contribution is -2.37. The fraction of sp³-hybridized carbons (Fsp3) is 0.148. The summed E-state index contributed by atoms with van der Waals surface area (Å²) >= 11 is 1.41. The fourth-order valence-electron chi connectivity index (χ4n) is 4.48. The molecule has 6 rings (SSSR count). The van der Waals surface area contributed by atoms with Gasteiger partial charge in [0.15, 0.2) is 10.9 Å². The zero-order valence-corrected chi connectivity index (χ0v) is 19.2. The second-order valence-electron chi connectivity index (χ2n) is 8.24. The molecular weight excluding hydrogens is 444 g/mol. The smallest absolute Gasteiger partial charge is 0.233 e. The van der Waals surface area contributed by atoms with E-state index < -0.39 is 0 Å². The van der Waals surface area contributed by atoms with Crippen molar-refractivity contribution >= 4 is 28.4 Å². The van der Waals surface area contributed by atoms with E-state index in [1.54, 1.807) is 6.26 Å². The third kappa shape index (κ3) is 3.78. The molecule has 0 saturated heterocycles. The van der Waals surface area contributed by atoms with Gasteiger partial charge in [-0.2, -0.15) is 0 Å². The van der Waals surface area contributed by atoms with Gasteiger partial charge < -0.3 is 9.32 Å². The van der Waals surface area contributed by atoms with Gasteiger partial charge in [-0.3, -0.25) is 9.36 Å². The molecule has 0 radical (unpaired) electrons. The number of carbonyl (C=O) groups excluding carboxylic acids is 1. The van der Waals surface area contributed by atoms with Crippen LogP contribution in [-0.4, -0.2) is 37.9 Å². The summed E-state index contributed by atoms with van der Waals surface area (Å²) in [5.41, 5.74) is 3.51. The number of aromatic nitrogens is 3. The molecule has 0 spiro atoms. The lowest BCUT2D eigenvalue weighted by atomic mass is 10.00. The number of rotatable bonds is 5. The topological polar surface area (TPSA) is 64.2 Å². The van der Waals surface area contributed by atoms with Gasteiger partial charge in [-0.1, -0.05) is 72.4 Å². The first-order valence-corrected chi connectivity index (χ1v) is 12.2. The first kappa shape index (κ1) is 20.7. The highest BCUT2D eigenvalue weighted by molar-refractivity contribution is 7.99. The molecule has 7 heteroatoms. The van der Waals surface area contributed by atoms with Crippen LogP contribution in [0.4, 0.5) is 0 Å². The van der Waals surface area contributed by atoms with Gasteiger partial charge in [0, 0.05) is 18.5 Å². The number of amides is 1. The van der Waals surface area contributed by atoms with Gasteiger partial charge in [-0.25, -0.2) is 0 Å². The molecule has 5 aromatic rings. The highest BCUT2D eigenvalue weighted by atomic mass is 32.2. The summed E-state index contributed by atoms with van der Waals surface area (Å²) in [6.45, 7) is 1.40. The number of furan rings is 1. The number of fused-ring (bicyclic) bond motifs is 2. The first-order chi connectivity index (χ1) is 16.8. The van der Waals surface area contributed by atoms with Gasteiger partial charge >= 0.3 is 0 Å². The summed E-state index contributed by atoms with van der Waals surface area (Å²) < 4.78 is 7.64. The molecule has 0 atom stereocenters. The van der Waals surface area contributed by atoms with E-state index in [0.29, 0.717) is 29.0 Å². The molecule has 6 nitrogen and oxygen atoms in total. The molecule has 1 aliphatic rings. The van der Waals surface area contributed by atoms with Gasteiger partial charge in [0.05, 0.1) is 17.7 Å². The van der Waals surface area contributed by atoms with Crippen LogP contribution in [0.3, 0.4) is 0 Å². The Bertz CT molecular complexity index is 1470. The average molecular weight is 467 g/mol. The van der Waals surface area contributed by atoms with E-state index in [4.69, 9.17) is 4.42 Å². The van der Waals surface area contributed by atoms with Crippen molar-refractivity contribution in [2.24, 2.45) is 0 Å². The number of thioether (sulfide) groups is 1. The Labute approximate surface area is 201 Å². The molecule has 0 N–H and O–H groups in total. The van der Waals surface area contributed by atoms with Crippen LogP contribution in [0.15, 0.2) is 94.7 Å². The van der Waals surface area contributed by atoms with E-state index in [-0.39, 0.29) is 5.91 Å². The molecule has 0 bridgehead atoms. The minimum atomic E-state index is 0.103. The zero-order chi connectivity index (χ0) is 22.9. The monoisotopic (exact) mass is 466 g/mol. The Morgan fingerprint density at radius 1 is 0.912 bits per heavy atom. The van der Waals surface area contributed by atoms with Crippen molar-refractivity contribution in [3.8, 4) is 17.3 Å². The minimum absolute atomic E-state index is 0.103. The van der Waals surface area contributed by atoms with Crippen molar-refractivity contribution in [1.29, 1.82) is 0 Å². The summed E-state index contributed by atoms with van der Waals surface area (Å²) in [6.07, 6.45) is 2.52. The quantitative estimate of drug-likeness (QED) is 0.327. The zero-order valence-electron chi connectivity index (χ0n) is 18.4. The Morgan fingerprint density at radius 2 is 1.74 bits per heavy atom. The molecule has 0 unspecified atom stereocenters. The van der Waals surface area contributed by atoms with Gasteiger partial charge in [0.2, 0.25) is 11.7 Å². The minimum Gasteiger partial charge on any atom is -0.461 e. The van der Waals surface area contributed by atoms with E-state index in [2.05, 4.69) is 46.6 Å². The maximum Gasteiger partial charge on any atom is 0.233 e. The van der Waals surface area contributed by atoms with Crippen LogP contribution in [0.1, 0.15) is 11.1 Å². The summed E-state index contributed by atoms with van der Waals surface area (Å²) in [5, 5.41) is 11.8. The van der Waals surface area contributed by atoms with Gasteiger partial charge in [0.25, 0.3) is 0 Å². The van der Waals surface area contributed by atoms with Gasteiger partial charge in [-0.05, 0) is 41.1 Å². The number of nitrogens with zero attached hydrogens (tertiary/aromatic N) is 4. The van der Waals surface area contributed by atoms with E-state index in [9.17, 15) is 4.79 Å². The Hall–Kier alpha value is -3.84. The SMILES string of the molecule is O=C(CSc1nnc(-c2ccco2)n1-c1cccc2ccccc12)N1CCc2ccccc2C1. The second kappa shape index (κ2) is 8.83. The van der Waals surface area contributed by atoms with Crippen LogP contribution in [0.5, 0.6) is 0 Å². The van der Waals surface area contributed by atoms with Gasteiger partial charge in [0.1, 0.15) is 0 Å². The van der Waals surface area contributed by atoms with Crippen molar-refractivity contribution in [3.63, 3.8) is 0 Å². The van der Waals surface area contributed by atoms with Crippen LogP contribution >= 0.6 is 11.8 Å². The summed E-state index contributed by atoms with van der Waals surface area (Å²) in [7, 11) is 0. The highest BCUT2D eigenvalue weighted by Crippen LogP contribution is 2.32. The second-order valence-corrected chi connectivity index (χ2v) is 9.18. The van der Waals surface area contributed by atoms with E-state index >= 15 is 0 Å². The molecule has 0 fully saturated rings. The third-order valence-electron chi connectivity index (χ3n) is 6.19. The summed E-state index contributed by atoms with van der Waals surface area (Å²) in [5.74, 6) is 1.64. The maximum absolute atomic E-state index is 13.1. The number of hydrogen-bond acceptors (Lipinski definition) is 5. The Morgan fingerprint density at radius 3 is 2.62 bits per heavy atom. The first-order valence-electron chi connectivity index (χ1n) is 11.2. The molecule has 34 heavy (non-hydrogen) atoms. The summed E-state index contributed by atoms with van der Waals surface area (Å²) in [4.78, 5) is 15.0. The van der Waals surface area contributed by atoms with Crippen LogP contribution in [0, 0.1) is 0 Å². The van der Waals surface area contributed by atoms with Crippen molar-refractivity contribution in [2.75, 3.05) is 12.3 Å². The molecule has 1 amide bonds. The van der Waals surface area contributed by atoms with Crippen molar-refractivity contribution in [3.05, 3.63) is 96.3 Å². The average Bonchev–Trinajstić information content (AvgIpc) is 3.56. The number of carbonyl (C=O) groups is 1. The summed E-state index contributed by atoms with van der Waals surface area (Å²) in [6, 6.07) is 26.4. The van der Waals surface area contributed by atoms with Crippen LogP contribution in [-0.2, 0) is 17.8 Å². The molecule has 2 aromatic heterocycles. The van der Waals surface area contributed by atoms with Gasteiger partial charge in [-0.15, -0.1) is 10.2 Å². The standard InChI is InChI=1S/C27H22N4O2S/c32-25(30-15-14-19-7-1-2-9-21(19)17-30)18-34-27-29-28-26(24-13-6-16-33-24)31(27)23-12-5-10-20-8-3-4-11-22(20)23/h1-13,16H,14-15,17-18H2. The normalized spacial score (nSPS) is 13.2. The van der Waals surface area contributed by atoms with Crippen molar-refractivity contribution in [1.82, 2.24) is 19.7 Å². The van der Waals surface area contributed by atoms with Crippen LogP contribution < -0.4 is 0 Å². The predicted octanol–water partition coefficient (Wildman–Crippen LogP) is 5.36. The number of hydrogen-bond donors (Lipinski definition) is 0. The Balaban J connectivity index is 1.32. The molecular formula is C27H22N4O2S. The molecule has 0 aliphatic carbocycles. The third-order valence-corrected chi connectivity index (χ3v) is 7.10. The van der Waals surface area contributed by atoms with E-state index in [0.717, 1.165) is 29.4 Å². The van der Waals surface area contributed by atoms with Crippen LogP contribution in [0.2, 0.25) is 0 Å². The fourth-order valence-corrected chi connectivity index (χ4v) is 5.32. The molecule has 0 saturated carbocycles. The van der Waals surface area contributed by atoms with E-state index in [1.807, 2.05) is 51.9 Å². The molecule has 1 aliphatic heterocycles. The van der Waals surface area contributed by atoms with E-state index in [1.165, 1.54) is 22.9 Å². The maximum atomic E-state index is 13.1. The molecule has 3 heterocycles. The highest BCUT2D eigenvalue weighted by Gasteiger charge is 2.23. The molecule has 3 aromatic carbocycles. The lowest BCUT2D eigenvalue weighted by Gasteiger charge is -2.28. The van der Waals surface area contributed by atoms with Crippen LogP contribution in [0.25, 0.3) is 28.0 Å². The predicted molar refractivity (Wildman–Crippen MR) is 133 cm³/mol. The molecule has 168 valence electrons. The number of benzene rings is 3. The Kier molecular flexibility index (Phi) is 5.39.